The molecule has 24 heavy (non-hydrogen) atoms. The van der Waals surface area contributed by atoms with Crippen LogP contribution in [0.5, 0.6) is 0 Å². The SMILES string of the molecule is CCCNC(=NC)NCC1CC(=O)N(CCc2ccccc2)C1.I. The predicted molar refractivity (Wildman–Crippen MR) is 110 cm³/mol. The van der Waals surface area contributed by atoms with E-state index in [0.717, 1.165) is 45.0 Å². The first kappa shape index (κ1) is 20.7. The average molecular weight is 444 g/mol. The van der Waals surface area contributed by atoms with Gasteiger partial charge in [0.05, 0.1) is 0 Å². The van der Waals surface area contributed by atoms with E-state index >= 15 is 0 Å². The van der Waals surface area contributed by atoms with Crippen LogP contribution in [0.25, 0.3) is 0 Å². The third kappa shape index (κ3) is 6.67. The Morgan fingerprint density at radius 3 is 2.71 bits per heavy atom. The van der Waals surface area contributed by atoms with Gasteiger partial charge in [0.1, 0.15) is 0 Å². The molecule has 0 aliphatic carbocycles. The van der Waals surface area contributed by atoms with Crippen LogP contribution < -0.4 is 10.6 Å². The molecule has 0 aromatic heterocycles. The molecule has 1 heterocycles. The minimum atomic E-state index is 0. The number of hydrogen-bond donors (Lipinski definition) is 2. The lowest BCUT2D eigenvalue weighted by atomic mass is 10.1. The Hall–Kier alpha value is -1.31. The third-order valence-corrected chi connectivity index (χ3v) is 4.13. The van der Waals surface area contributed by atoms with E-state index in [0.29, 0.717) is 12.3 Å². The highest BCUT2D eigenvalue weighted by molar-refractivity contribution is 14.0. The topological polar surface area (TPSA) is 56.7 Å². The van der Waals surface area contributed by atoms with Gasteiger partial charge in [0.25, 0.3) is 0 Å². The summed E-state index contributed by atoms with van der Waals surface area (Å²) in [6.07, 6.45) is 2.62. The fraction of sp³-hybridized carbons (Fsp3) is 0.556. The zero-order valence-electron chi connectivity index (χ0n) is 14.6. The molecular formula is C18H29IN4O. The lowest BCUT2D eigenvalue weighted by Gasteiger charge is -2.17. The molecule has 2 N–H and O–H groups in total. The summed E-state index contributed by atoms with van der Waals surface area (Å²) in [5.74, 6) is 1.45. The maximum Gasteiger partial charge on any atom is 0.223 e. The Kier molecular flexibility index (Phi) is 9.75. The first-order valence-electron chi connectivity index (χ1n) is 8.49. The number of nitrogens with one attached hydrogen (secondary N) is 2. The minimum absolute atomic E-state index is 0. The van der Waals surface area contributed by atoms with E-state index in [2.05, 4.69) is 34.7 Å². The number of aliphatic imine (C=N–C) groups is 1. The molecule has 1 aromatic rings. The Labute approximate surface area is 162 Å². The van der Waals surface area contributed by atoms with Gasteiger partial charge in [-0.25, -0.2) is 0 Å². The highest BCUT2D eigenvalue weighted by Gasteiger charge is 2.29. The van der Waals surface area contributed by atoms with Gasteiger partial charge in [-0.3, -0.25) is 9.79 Å². The fourth-order valence-corrected chi connectivity index (χ4v) is 2.82. The number of halogens is 1. The number of carbonyl (C=O) groups excluding carboxylic acids is 1. The van der Waals surface area contributed by atoms with Crippen molar-refractivity contribution in [1.82, 2.24) is 15.5 Å². The van der Waals surface area contributed by atoms with Crippen LogP contribution in [0, 0.1) is 5.92 Å². The third-order valence-electron chi connectivity index (χ3n) is 4.13. The van der Waals surface area contributed by atoms with Gasteiger partial charge in [-0.1, -0.05) is 37.3 Å². The first-order chi connectivity index (χ1) is 11.2. The monoisotopic (exact) mass is 444 g/mol. The van der Waals surface area contributed by atoms with Gasteiger partial charge >= 0.3 is 0 Å². The molecule has 2 rings (SSSR count). The maximum atomic E-state index is 12.1. The van der Waals surface area contributed by atoms with E-state index in [1.54, 1.807) is 7.05 Å². The average Bonchev–Trinajstić information content (AvgIpc) is 2.94. The van der Waals surface area contributed by atoms with Gasteiger partial charge in [0.15, 0.2) is 5.96 Å². The van der Waals surface area contributed by atoms with Gasteiger partial charge in [0.2, 0.25) is 5.91 Å². The summed E-state index contributed by atoms with van der Waals surface area (Å²) in [6.45, 7) is 5.47. The quantitative estimate of drug-likeness (QED) is 0.386. The van der Waals surface area contributed by atoms with E-state index in [9.17, 15) is 4.79 Å². The van der Waals surface area contributed by atoms with Gasteiger partial charge in [-0.05, 0) is 18.4 Å². The van der Waals surface area contributed by atoms with Crippen molar-refractivity contribution >= 4 is 35.8 Å². The minimum Gasteiger partial charge on any atom is -0.356 e. The summed E-state index contributed by atoms with van der Waals surface area (Å²) >= 11 is 0. The molecule has 0 radical (unpaired) electrons. The molecule has 0 bridgehead atoms. The van der Waals surface area contributed by atoms with E-state index in [-0.39, 0.29) is 29.9 Å². The number of nitrogens with zero attached hydrogens (tertiary/aromatic N) is 2. The van der Waals surface area contributed by atoms with E-state index in [4.69, 9.17) is 0 Å². The van der Waals surface area contributed by atoms with E-state index < -0.39 is 0 Å². The number of amides is 1. The number of rotatable bonds is 7. The summed E-state index contributed by atoms with van der Waals surface area (Å²) in [5.41, 5.74) is 1.28. The number of carbonyl (C=O) groups is 1. The Bertz CT molecular complexity index is 521. The lowest BCUT2D eigenvalue weighted by molar-refractivity contribution is -0.127. The van der Waals surface area contributed by atoms with Crippen molar-refractivity contribution < 1.29 is 4.79 Å². The molecule has 5 nitrogen and oxygen atoms in total. The Balaban J connectivity index is 0.00000288. The highest BCUT2D eigenvalue weighted by Crippen LogP contribution is 2.17. The van der Waals surface area contributed by atoms with Gasteiger partial charge in [-0.15, -0.1) is 24.0 Å². The Morgan fingerprint density at radius 1 is 1.29 bits per heavy atom. The smallest absolute Gasteiger partial charge is 0.223 e. The number of hydrogen-bond acceptors (Lipinski definition) is 2. The molecule has 1 atom stereocenters. The van der Waals surface area contributed by atoms with Gasteiger partial charge in [0, 0.05) is 45.6 Å². The second kappa shape index (κ2) is 11.3. The molecule has 1 unspecified atom stereocenters. The van der Waals surface area contributed by atoms with Crippen LogP contribution in [0.2, 0.25) is 0 Å². The molecule has 134 valence electrons. The molecule has 1 fully saturated rings. The van der Waals surface area contributed by atoms with Crippen molar-refractivity contribution in [3.63, 3.8) is 0 Å². The zero-order chi connectivity index (χ0) is 16.5. The summed E-state index contributed by atoms with van der Waals surface area (Å²) in [5, 5.41) is 6.57. The molecule has 1 aliphatic heterocycles. The number of guanidine groups is 1. The van der Waals surface area contributed by atoms with Crippen LogP contribution >= 0.6 is 24.0 Å². The highest BCUT2D eigenvalue weighted by atomic mass is 127. The van der Waals surface area contributed by atoms with Crippen LogP contribution in [0.4, 0.5) is 0 Å². The fourth-order valence-electron chi connectivity index (χ4n) is 2.82. The van der Waals surface area contributed by atoms with Crippen LogP contribution in [0.15, 0.2) is 35.3 Å². The molecular weight excluding hydrogens is 415 g/mol. The molecule has 1 aliphatic rings. The predicted octanol–water partition coefficient (Wildman–Crippen LogP) is 2.27. The summed E-state index contributed by atoms with van der Waals surface area (Å²) in [7, 11) is 1.77. The van der Waals surface area contributed by atoms with E-state index in [1.165, 1.54) is 5.56 Å². The summed E-state index contributed by atoms with van der Waals surface area (Å²) < 4.78 is 0. The van der Waals surface area contributed by atoms with Crippen LogP contribution in [-0.2, 0) is 11.2 Å². The summed E-state index contributed by atoms with van der Waals surface area (Å²) in [4.78, 5) is 18.3. The number of likely N-dealkylation sites (tertiary alicyclic amines) is 1. The second-order valence-electron chi connectivity index (χ2n) is 6.03. The van der Waals surface area contributed by atoms with Crippen molar-refractivity contribution in [1.29, 1.82) is 0 Å². The zero-order valence-corrected chi connectivity index (χ0v) is 17.0. The first-order valence-corrected chi connectivity index (χ1v) is 8.49. The largest absolute Gasteiger partial charge is 0.356 e. The van der Waals surface area contributed by atoms with Crippen LogP contribution in [0.3, 0.4) is 0 Å². The van der Waals surface area contributed by atoms with Crippen molar-refractivity contribution in [2.75, 3.05) is 33.2 Å². The Morgan fingerprint density at radius 2 is 2.04 bits per heavy atom. The normalized spacial score (nSPS) is 17.6. The standard InChI is InChI=1S/C18H28N4O.HI/c1-3-10-20-18(19-2)21-13-16-12-17(23)22(14-16)11-9-15-7-5-4-6-8-15;/h4-8,16H,3,9-14H2,1-2H3,(H2,19,20,21);1H. The number of benzene rings is 1. The van der Waals surface area contributed by atoms with Gasteiger partial charge < -0.3 is 15.5 Å². The second-order valence-corrected chi connectivity index (χ2v) is 6.03. The van der Waals surface area contributed by atoms with Crippen molar-refractivity contribution in [3.05, 3.63) is 35.9 Å². The van der Waals surface area contributed by atoms with Crippen LogP contribution in [0.1, 0.15) is 25.3 Å². The molecule has 0 spiro atoms. The molecule has 1 amide bonds. The van der Waals surface area contributed by atoms with Crippen molar-refractivity contribution in [2.45, 2.75) is 26.2 Å². The van der Waals surface area contributed by atoms with Gasteiger partial charge in [-0.2, -0.15) is 0 Å². The van der Waals surface area contributed by atoms with Crippen molar-refractivity contribution in [2.24, 2.45) is 10.9 Å². The molecule has 6 heteroatoms. The lowest BCUT2D eigenvalue weighted by Crippen LogP contribution is -2.40. The van der Waals surface area contributed by atoms with Crippen LogP contribution in [-0.4, -0.2) is 50.0 Å². The molecule has 0 saturated carbocycles. The molecule has 1 aromatic carbocycles. The van der Waals surface area contributed by atoms with Crippen molar-refractivity contribution in [3.8, 4) is 0 Å². The maximum absolute atomic E-state index is 12.1. The molecule has 1 saturated heterocycles. The van der Waals surface area contributed by atoms with E-state index in [1.807, 2.05) is 23.1 Å². The summed E-state index contributed by atoms with van der Waals surface area (Å²) in [6, 6.07) is 10.3.